The van der Waals surface area contributed by atoms with Crippen molar-refractivity contribution >= 4 is 17.4 Å². The number of aryl methyl sites for hydroxylation is 1. The average molecular weight is 320 g/mol. The Bertz CT molecular complexity index is 717. The van der Waals surface area contributed by atoms with Crippen LogP contribution >= 0.6 is 11.6 Å². The predicted molar refractivity (Wildman–Crippen MR) is 86.9 cm³/mol. The van der Waals surface area contributed by atoms with Crippen LogP contribution in [0.2, 0.25) is 5.02 Å². The van der Waals surface area contributed by atoms with E-state index < -0.39 is 0 Å². The van der Waals surface area contributed by atoms with Gasteiger partial charge in [0.2, 0.25) is 0 Å². The Labute approximate surface area is 134 Å². The number of ether oxygens (including phenoxy) is 1. The van der Waals surface area contributed by atoms with E-state index in [-0.39, 0.29) is 11.7 Å². The molecule has 0 spiro atoms. The van der Waals surface area contributed by atoms with Gasteiger partial charge in [0.15, 0.2) is 5.82 Å². The van der Waals surface area contributed by atoms with Crippen LogP contribution < -0.4 is 15.2 Å². The molecule has 1 fully saturated rings. The second kappa shape index (κ2) is 6.40. The van der Waals surface area contributed by atoms with Crippen LogP contribution in [0.1, 0.15) is 13.3 Å². The maximum absolute atomic E-state index is 12.3. The molecule has 1 aromatic heterocycles. The summed E-state index contributed by atoms with van der Waals surface area (Å²) in [6.45, 7) is 3.98. The van der Waals surface area contributed by atoms with E-state index in [1.165, 1.54) is 0 Å². The minimum Gasteiger partial charge on any atom is -0.487 e. The van der Waals surface area contributed by atoms with Gasteiger partial charge in [-0.25, -0.2) is 4.98 Å². The first-order valence-electron chi connectivity index (χ1n) is 7.40. The van der Waals surface area contributed by atoms with E-state index in [0.29, 0.717) is 29.7 Å². The summed E-state index contributed by atoms with van der Waals surface area (Å²) in [6, 6.07) is 7.43. The lowest BCUT2D eigenvalue weighted by Gasteiger charge is -2.18. The zero-order valence-electron chi connectivity index (χ0n) is 12.4. The van der Waals surface area contributed by atoms with Crippen molar-refractivity contribution in [3.8, 4) is 5.75 Å². The van der Waals surface area contributed by atoms with Gasteiger partial charge in [0.1, 0.15) is 11.9 Å². The molecule has 5 nitrogen and oxygen atoms in total. The molecule has 22 heavy (non-hydrogen) atoms. The zero-order chi connectivity index (χ0) is 15.5. The minimum absolute atomic E-state index is 0.0105. The van der Waals surface area contributed by atoms with Crippen LogP contribution in [-0.4, -0.2) is 28.7 Å². The van der Waals surface area contributed by atoms with Gasteiger partial charge in [-0.1, -0.05) is 23.7 Å². The molecule has 0 saturated carbocycles. The Morgan fingerprint density at radius 3 is 3.00 bits per heavy atom. The van der Waals surface area contributed by atoms with E-state index in [1.807, 2.05) is 36.1 Å². The van der Waals surface area contributed by atoms with Crippen molar-refractivity contribution in [1.82, 2.24) is 9.55 Å². The van der Waals surface area contributed by atoms with Crippen molar-refractivity contribution in [2.75, 3.05) is 18.0 Å². The van der Waals surface area contributed by atoms with E-state index in [2.05, 4.69) is 4.98 Å². The van der Waals surface area contributed by atoms with Crippen molar-refractivity contribution in [3.05, 3.63) is 52.0 Å². The molecule has 0 N–H and O–H groups in total. The largest absolute Gasteiger partial charge is 0.487 e. The Hall–Kier alpha value is -2.01. The summed E-state index contributed by atoms with van der Waals surface area (Å²) < 4.78 is 7.60. The van der Waals surface area contributed by atoms with Gasteiger partial charge in [0, 0.05) is 31.9 Å². The fourth-order valence-corrected chi connectivity index (χ4v) is 2.82. The maximum Gasteiger partial charge on any atom is 0.293 e. The number of halogens is 1. The van der Waals surface area contributed by atoms with E-state index >= 15 is 0 Å². The molecule has 0 amide bonds. The average Bonchev–Trinajstić information content (AvgIpc) is 2.98. The summed E-state index contributed by atoms with van der Waals surface area (Å²) in [6.07, 6.45) is 4.23. The summed E-state index contributed by atoms with van der Waals surface area (Å²) in [4.78, 5) is 18.5. The van der Waals surface area contributed by atoms with E-state index in [4.69, 9.17) is 16.3 Å². The highest BCUT2D eigenvalue weighted by Crippen LogP contribution is 2.27. The number of nitrogens with zero attached hydrogens (tertiary/aromatic N) is 3. The molecule has 1 saturated heterocycles. The number of hydrogen-bond acceptors (Lipinski definition) is 4. The maximum atomic E-state index is 12.3. The van der Waals surface area contributed by atoms with Crippen LogP contribution in [0.25, 0.3) is 0 Å². The topological polar surface area (TPSA) is 47.4 Å². The van der Waals surface area contributed by atoms with Crippen molar-refractivity contribution in [2.45, 2.75) is 26.0 Å². The van der Waals surface area contributed by atoms with Gasteiger partial charge in [-0.05, 0) is 19.1 Å². The lowest BCUT2D eigenvalue weighted by atomic mass is 10.3. The highest BCUT2D eigenvalue weighted by molar-refractivity contribution is 6.32. The molecule has 1 aromatic carbocycles. The third-order valence-corrected chi connectivity index (χ3v) is 4.12. The van der Waals surface area contributed by atoms with Crippen LogP contribution in [0.4, 0.5) is 5.82 Å². The van der Waals surface area contributed by atoms with Gasteiger partial charge in [-0.2, -0.15) is 0 Å². The van der Waals surface area contributed by atoms with Gasteiger partial charge in [-0.3, -0.25) is 4.79 Å². The summed E-state index contributed by atoms with van der Waals surface area (Å²) >= 11 is 6.12. The third-order valence-electron chi connectivity index (χ3n) is 3.81. The molecule has 3 rings (SSSR count). The van der Waals surface area contributed by atoms with E-state index in [9.17, 15) is 4.79 Å². The van der Waals surface area contributed by atoms with E-state index in [1.54, 1.807) is 17.0 Å². The van der Waals surface area contributed by atoms with Gasteiger partial charge in [0.25, 0.3) is 5.56 Å². The molecule has 6 heteroatoms. The zero-order valence-corrected chi connectivity index (χ0v) is 13.2. The summed E-state index contributed by atoms with van der Waals surface area (Å²) in [5.74, 6) is 1.18. The van der Waals surface area contributed by atoms with Crippen LogP contribution in [0, 0.1) is 0 Å². The van der Waals surface area contributed by atoms with Crippen LogP contribution in [0.3, 0.4) is 0 Å². The van der Waals surface area contributed by atoms with Crippen molar-refractivity contribution in [1.29, 1.82) is 0 Å². The Balaban J connectivity index is 1.73. The number of benzene rings is 1. The molecule has 2 heterocycles. The lowest BCUT2D eigenvalue weighted by molar-refractivity contribution is 0.225. The number of hydrogen-bond donors (Lipinski definition) is 0. The lowest BCUT2D eigenvalue weighted by Crippen LogP contribution is -2.33. The van der Waals surface area contributed by atoms with Crippen LogP contribution in [0.15, 0.2) is 41.5 Å². The fraction of sp³-hybridized carbons (Fsp3) is 0.375. The Kier molecular flexibility index (Phi) is 4.34. The van der Waals surface area contributed by atoms with Crippen molar-refractivity contribution < 1.29 is 4.74 Å². The molecule has 1 atom stereocenters. The summed E-state index contributed by atoms with van der Waals surface area (Å²) in [5.41, 5.74) is -0.0524. The first-order valence-corrected chi connectivity index (χ1v) is 7.78. The van der Waals surface area contributed by atoms with Crippen molar-refractivity contribution in [3.63, 3.8) is 0 Å². The van der Waals surface area contributed by atoms with Gasteiger partial charge in [-0.15, -0.1) is 0 Å². The second-order valence-electron chi connectivity index (χ2n) is 5.25. The molecule has 116 valence electrons. The van der Waals surface area contributed by atoms with Gasteiger partial charge < -0.3 is 14.2 Å². The number of anilines is 1. The first kappa shape index (κ1) is 14.9. The van der Waals surface area contributed by atoms with Gasteiger partial charge >= 0.3 is 0 Å². The van der Waals surface area contributed by atoms with Crippen LogP contribution in [-0.2, 0) is 6.54 Å². The Morgan fingerprint density at radius 1 is 1.41 bits per heavy atom. The van der Waals surface area contributed by atoms with Crippen LogP contribution in [0.5, 0.6) is 5.75 Å². The fourth-order valence-electron chi connectivity index (χ4n) is 2.64. The SMILES string of the molecule is CCn1ccnc(N2CC[C@H](Oc3ccccc3Cl)C2)c1=O. The molecule has 2 aromatic rings. The summed E-state index contributed by atoms with van der Waals surface area (Å²) in [5, 5.41) is 0.604. The highest BCUT2D eigenvalue weighted by Gasteiger charge is 2.27. The number of rotatable bonds is 4. The molecule has 0 radical (unpaired) electrons. The second-order valence-corrected chi connectivity index (χ2v) is 5.65. The number of para-hydroxylation sites is 1. The molecular weight excluding hydrogens is 302 g/mol. The smallest absolute Gasteiger partial charge is 0.293 e. The normalized spacial score (nSPS) is 17.7. The molecule has 0 bridgehead atoms. The monoisotopic (exact) mass is 319 g/mol. The summed E-state index contributed by atoms with van der Waals surface area (Å²) in [7, 11) is 0. The first-order chi connectivity index (χ1) is 10.7. The molecule has 0 unspecified atom stereocenters. The standard InChI is InChI=1S/C16H18ClN3O2/c1-2-19-10-8-18-15(16(19)21)20-9-7-12(11-20)22-14-6-4-3-5-13(14)17/h3-6,8,10,12H,2,7,9,11H2,1H3/t12-/m0/s1. The van der Waals surface area contributed by atoms with Crippen molar-refractivity contribution in [2.24, 2.45) is 0 Å². The minimum atomic E-state index is -0.0524. The molecule has 1 aliphatic rings. The Morgan fingerprint density at radius 2 is 2.23 bits per heavy atom. The molecular formula is C16H18ClN3O2. The number of aromatic nitrogens is 2. The van der Waals surface area contributed by atoms with Gasteiger partial charge in [0.05, 0.1) is 11.6 Å². The van der Waals surface area contributed by atoms with E-state index in [0.717, 1.165) is 13.0 Å². The quantitative estimate of drug-likeness (QED) is 0.869. The predicted octanol–water partition coefficient (Wildman–Crippen LogP) is 2.57. The highest BCUT2D eigenvalue weighted by atomic mass is 35.5. The molecule has 0 aliphatic carbocycles. The molecule has 1 aliphatic heterocycles. The third kappa shape index (κ3) is 2.95.